The predicted octanol–water partition coefficient (Wildman–Crippen LogP) is 6.58. The molecule has 118 valence electrons. The van der Waals surface area contributed by atoms with Gasteiger partial charge in [0, 0.05) is 5.56 Å². The van der Waals surface area contributed by atoms with Gasteiger partial charge < -0.3 is 4.74 Å². The van der Waals surface area contributed by atoms with Crippen LogP contribution in [0.2, 0.25) is 0 Å². The minimum absolute atomic E-state index is 0.674. The van der Waals surface area contributed by atoms with Crippen molar-refractivity contribution in [3.8, 4) is 16.9 Å². The third-order valence-electron chi connectivity index (χ3n) is 4.76. The lowest BCUT2D eigenvalue weighted by Gasteiger charge is -2.17. The fourth-order valence-electron chi connectivity index (χ4n) is 3.60. The monoisotopic (exact) mass is 320 g/mol. The third kappa shape index (κ3) is 2.25. The van der Waals surface area contributed by atoms with Gasteiger partial charge in [0.1, 0.15) is 11.5 Å². The molecule has 0 radical (unpaired) electrons. The van der Waals surface area contributed by atoms with Crippen LogP contribution >= 0.6 is 0 Å². The Balaban J connectivity index is 1.86. The summed E-state index contributed by atoms with van der Waals surface area (Å²) in [6.07, 6.45) is 3.95. The first kappa shape index (κ1) is 14.1. The summed E-state index contributed by atoms with van der Waals surface area (Å²) >= 11 is 0. The molecule has 4 aromatic carbocycles. The first-order valence-electron chi connectivity index (χ1n) is 8.39. The molecule has 1 nitrogen and oxygen atoms in total. The lowest BCUT2D eigenvalue weighted by atomic mass is 9.91. The fourth-order valence-corrected chi connectivity index (χ4v) is 3.60. The molecule has 1 aliphatic rings. The second kappa shape index (κ2) is 5.35. The number of hydrogen-bond donors (Lipinski definition) is 0. The largest absolute Gasteiger partial charge is 0.457 e. The normalized spacial score (nSPS) is 13.0. The highest BCUT2D eigenvalue weighted by molar-refractivity contribution is 6.12. The Hall–Kier alpha value is -3.32. The van der Waals surface area contributed by atoms with Gasteiger partial charge in [-0.25, -0.2) is 0 Å². The van der Waals surface area contributed by atoms with Gasteiger partial charge in [-0.05, 0) is 57.0 Å². The molecule has 0 unspecified atom stereocenters. The first-order valence-corrected chi connectivity index (χ1v) is 8.39. The van der Waals surface area contributed by atoms with Gasteiger partial charge in [0.2, 0.25) is 0 Å². The Morgan fingerprint density at radius 1 is 0.680 bits per heavy atom. The minimum Gasteiger partial charge on any atom is -0.457 e. The van der Waals surface area contributed by atoms with E-state index in [1.165, 1.54) is 27.1 Å². The van der Waals surface area contributed by atoms with E-state index in [0.29, 0.717) is 5.76 Å². The number of allylic oxidation sites excluding steroid dienone is 1. The summed E-state index contributed by atoms with van der Waals surface area (Å²) in [5.74, 6) is 1.54. The summed E-state index contributed by atoms with van der Waals surface area (Å²) in [6, 6.07) is 25.8. The molecule has 0 atom stereocenters. The summed E-state index contributed by atoms with van der Waals surface area (Å²) in [5.41, 5.74) is 3.50. The highest BCUT2D eigenvalue weighted by Crippen LogP contribution is 2.39. The van der Waals surface area contributed by atoms with Gasteiger partial charge in [0.05, 0.1) is 0 Å². The van der Waals surface area contributed by atoms with Crippen molar-refractivity contribution in [1.82, 2.24) is 0 Å². The predicted molar refractivity (Wildman–Crippen MR) is 106 cm³/mol. The summed E-state index contributed by atoms with van der Waals surface area (Å²) in [6.45, 7) is 3.91. The molecule has 1 aliphatic heterocycles. The molecule has 4 aromatic rings. The average molecular weight is 320 g/mol. The summed E-state index contributed by atoms with van der Waals surface area (Å²) in [4.78, 5) is 0. The average Bonchev–Trinajstić information content (AvgIpc) is 2.65. The molecule has 1 heterocycles. The Morgan fingerprint density at radius 3 is 2.08 bits per heavy atom. The molecule has 0 aromatic heterocycles. The van der Waals surface area contributed by atoms with Gasteiger partial charge in [-0.2, -0.15) is 0 Å². The number of hydrogen-bond acceptors (Lipinski definition) is 1. The van der Waals surface area contributed by atoms with Crippen molar-refractivity contribution >= 4 is 27.6 Å². The second-order valence-corrected chi connectivity index (χ2v) is 6.35. The van der Waals surface area contributed by atoms with Gasteiger partial charge in [-0.15, -0.1) is 0 Å². The summed E-state index contributed by atoms with van der Waals surface area (Å²) < 4.78 is 5.84. The Kier molecular flexibility index (Phi) is 3.01. The Bertz CT molecular complexity index is 1130. The van der Waals surface area contributed by atoms with Gasteiger partial charge >= 0.3 is 0 Å². The molecule has 0 bridgehead atoms. The van der Waals surface area contributed by atoms with E-state index in [-0.39, 0.29) is 0 Å². The van der Waals surface area contributed by atoms with Crippen molar-refractivity contribution in [2.45, 2.75) is 0 Å². The number of ether oxygens (including phenoxy) is 1. The quantitative estimate of drug-likeness (QED) is 0.360. The standard InChI is InChI=1S/C24H16O/c1-16-10-11-17-12-13-20(15-23(17)25-16)24-21-8-4-2-6-18(21)14-19-7-3-5-9-22(19)24/h2-15H,1H2. The molecule has 0 saturated heterocycles. The van der Waals surface area contributed by atoms with E-state index < -0.39 is 0 Å². The van der Waals surface area contributed by atoms with Crippen LogP contribution in [0.25, 0.3) is 38.7 Å². The topological polar surface area (TPSA) is 9.23 Å². The molecule has 0 spiro atoms. The number of rotatable bonds is 1. The van der Waals surface area contributed by atoms with E-state index in [2.05, 4.69) is 79.4 Å². The van der Waals surface area contributed by atoms with E-state index in [1.54, 1.807) is 0 Å². The van der Waals surface area contributed by atoms with E-state index in [4.69, 9.17) is 4.74 Å². The molecule has 0 saturated carbocycles. The van der Waals surface area contributed by atoms with Crippen LogP contribution in [0.15, 0.2) is 91.2 Å². The SMILES string of the molecule is C=C1C=Cc2ccc(-c3c4ccccc4cc4ccccc34)cc2O1. The highest BCUT2D eigenvalue weighted by Gasteiger charge is 2.13. The summed E-state index contributed by atoms with van der Waals surface area (Å²) in [7, 11) is 0. The van der Waals surface area contributed by atoms with Crippen molar-refractivity contribution in [3.05, 3.63) is 96.8 Å². The minimum atomic E-state index is 0.674. The van der Waals surface area contributed by atoms with Gasteiger partial charge in [-0.1, -0.05) is 67.2 Å². The van der Waals surface area contributed by atoms with Crippen molar-refractivity contribution in [3.63, 3.8) is 0 Å². The first-order chi connectivity index (χ1) is 12.3. The van der Waals surface area contributed by atoms with Crippen LogP contribution in [-0.2, 0) is 0 Å². The lowest BCUT2D eigenvalue weighted by molar-refractivity contribution is 0.442. The maximum Gasteiger partial charge on any atom is 0.135 e. The van der Waals surface area contributed by atoms with Crippen molar-refractivity contribution < 1.29 is 4.74 Å². The molecule has 0 amide bonds. The smallest absolute Gasteiger partial charge is 0.135 e. The van der Waals surface area contributed by atoms with Gasteiger partial charge in [0.25, 0.3) is 0 Å². The van der Waals surface area contributed by atoms with Crippen molar-refractivity contribution in [2.24, 2.45) is 0 Å². The molecule has 0 aliphatic carbocycles. The zero-order chi connectivity index (χ0) is 16.8. The van der Waals surface area contributed by atoms with Crippen LogP contribution < -0.4 is 4.74 Å². The maximum absolute atomic E-state index is 5.84. The van der Waals surface area contributed by atoms with E-state index in [0.717, 1.165) is 16.9 Å². The molecule has 25 heavy (non-hydrogen) atoms. The van der Waals surface area contributed by atoms with Crippen LogP contribution in [0.4, 0.5) is 0 Å². The Morgan fingerprint density at radius 2 is 1.36 bits per heavy atom. The van der Waals surface area contributed by atoms with Crippen LogP contribution in [-0.4, -0.2) is 0 Å². The third-order valence-corrected chi connectivity index (χ3v) is 4.76. The van der Waals surface area contributed by atoms with Crippen LogP contribution in [0.5, 0.6) is 5.75 Å². The van der Waals surface area contributed by atoms with E-state index >= 15 is 0 Å². The van der Waals surface area contributed by atoms with E-state index in [9.17, 15) is 0 Å². The molecule has 0 N–H and O–H groups in total. The zero-order valence-corrected chi connectivity index (χ0v) is 13.7. The second-order valence-electron chi connectivity index (χ2n) is 6.35. The maximum atomic E-state index is 5.84. The molecular formula is C24H16O. The molecular weight excluding hydrogens is 304 g/mol. The number of benzene rings is 4. The molecule has 0 fully saturated rings. The van der Waals surface area contributed by atoms with Gasteiger partial charge in [0.15, 0.2) is 0 Å². The highest BCUT2D eigenvalue weighted by atomic mass is 16.5. The Labute approximate surface area is 146 Å². The van der Waals surface area contributed by atoms with Gasteiger partial charge in [-0.3, -0.25) is 0 Å². The molecule has 1 heteroatoms. The number of fused-ring (bicyclic) bond motifs is 3. The van der Waals surface area contributed by atoms with E-state index in [1.807, 2.05) is 12.2 Å². The van der Waals surface area contributed by atoms with Crippen LogP contribution in [0, 0.1) is 0 Å². The van der Waals surface area contributed by atoms with Crippen molar-refractivity contribution in [1.29, 1.82) is 0 Å². The zero-order valence-electron chi connectivity index (χ0n) is 13.7. The molecule has 5 rings (SSSR count). The van der Waals surface area contributed by atoms with Crippen LogP contribution in [0.1, 0.15) is 5.56 Å². The summed E-state index contributed by atoms with van der Waals surface area (Å²) in [5, 5.41) is 5.01. The lowest BCUT2D eigenvalue weighted by Crippen LogP contribution is -1.98. The fraction of sp³-hybridized carbons (Fsp3) is 0. The van der Waals surface area contributed by atoms with Crippen LogP contribution in [0.3, 0.4) is 0 Å². The van der Waals surface area contributed by atoms with Crippen molar-refractivity contribution in [2.75, 3.05) is 0 Å².